The summed E-state index contributed by atoms with van der Waals surface area (Å²) in [5, 5.41) is 8.37. The summed E-state index contributed by atoms with van der Waals surface area (Å²) in [7, 11) is 0. The van der Waals surface area contributed by atoms with Gasteiger partial charge in [0.25, 0.3) is 0 Å². The molecule has 0 atom stereocenters. The average Bonchev–Trinajstić information content (AvgIpc) is 2.48. The van der Waals surface area contributed by atoms with Crippen molar-refractivity contribution in [2.45, 2.75) is 20.0 Å². The van der Waals surface area contributed by atoms with Gasteiger partial charge in [0, 0.05) is 6.61 Å². The summed E-state index contributed by atoms with van der Waals surface area (Å²) in [6.45, 7) is 3.56. The highest BCUT2D eigenvalue weighted by atomic mass is 16.5. The van der Waals surface area contributed by atoms with Crippen molar-refractivity contribution in [3.8, 4) is 0 Å². The van der Waals surface area contributed by atoms with Crippen molar-refractivity contribution in [1.82, 2.24) is 0 Å². The molecular formula is C16H18N2O. The number of azo groups is 1. The summed E-state index contributed by atoms with van der Waals surface area (Å²) in [4.78, 5) is 0. The van der Waals surface area contributed by atoms with E-state index in [0.29, 0.717) is 6.61 Å². The molecule has 2 rings (SSSR count). The first-order chi connectivity index (χ1) is 9.38. The van der Waals surface area contributed by atoms with Gasteiger partial charge in [-0.3, -0.25) is 0 Å². The van der Waals surface area contributed by atoms with Crippen molar-refractivity contribution in [2.75, 3.05) is 6.61 Å². The molecule has 0 amide bonds. The number of rotatable bonds is 6. The van der Waals surface area contributed by atoms with Gasteiger partial charge >= 0.3 is 0 Å². The van der Waals surface area contributed by atoms with Crippen LogP contribution in [0.1, 0.15) is 18.9 Å². The summed E-state index contributed by atoms with van der Waals surface area (Å²) in [5.74, 6) is 0. The Morgan fingerprint density at radius 2 is 1.47 bits per heavy atom. The molecule has 0 radical (unpaired) electrons. The maximum atomic E-state index is 5.48. The van der Waals surface area contributed by atoms with Crippen LogP contribution >= 0.6 is 0 Å². The molecule has 0 aliphatic carbocycles. The quantitative estimate of drug-likeness (QED) is 0.526. The standard InChI is InChI=1S/C16H18N2O/c1-2-12-19-13-14-8-10-16(11-9-14)18-17-15-6-4-3-5-7-15/h3-11H,2,12-13H2,1H3. The second-order valence-electron chi connectivity index (χ2n) is 4.25. The fraction of sp³-hybridized carbons (Fsp3) is 0.250. The van der Waals surface area contributed by atoms with E-state index in [1.54, 1.807) is 0 Å². The molecule has 19 heavy (non-hydrogen) atoms. The number of benzene rings is 2. The summed E-state index contributed by atoms with van der Waals surface area (Å²) in [5.41, 5.74) is 2.87. The number of hydrogen-bond acceptors (Lipinski definition) is 3. The first kappa shape index (κ1) is 13.4. The van der Waals surface area contributed by atoms with Crippen LogP contribution in [0.25, 0.3) is 0 Å². The maximum absolute atomic E-state index is 5.48. The zero-order valence-corrected chi connectivity index (χ0v) is 11.1. The molecule has 3 heteroatoms. The van der Waals surface area contributed by atoms with Crippen molar-refractivity contribution in [1.29, 1.82) is 0 Å². The van der Waals surface area contributed by atoms with Crippen molar-refractivity contribution in [2.24, 2.45) is 10.2 Å². The molecule has 0 aliphatic rings. The fourth-order valence-electron chi connectivity index (χ4n) is 1.60. The first-order valence-electron chi connectivity index (χ1n) is 6.52. The van der Waals surface area contributed by atoms with Crippen LogP contribution in [0.3, 0.4) is 0 Å². The van der Waals surface area contributed by atoms with Crippen LogP contribution in [0.15, 0.2) is 64.8 Å². The Morgan fingerprint density at radius 3 is 2.11 bits per heavy atom. The molecule has 0 aromatic heterocycles. The molecule has 2 aromatic carbocycles. The van der Waals surface area contributed by atoms with Crippen LogP contribution in [-0.2, 0) is 11.3 Å². The molecule has 98 valence electrons. The van der Waals surface area contributed by atoms with E-state index >= 15 is 0 Å². The van der Waals surface area contributed by atoms with Crippen molar-refractivity contribution >= 4 is 11.4 Å². The molecule has 0 spiro atoms. The van der Waals surface area contributed by atoms with Gasteiger partial charge in [-0.1, -0.05) is 37.3 Å². The third-order valence-corrected chi connectivity index (χ3v) is 2.59. The summed E-state index contributed by atoms with van der Waals surface area (Å²) < 4.78 is 5.48. The predicted octanol–water partition coefficient (Wildman–Crippen LogP) is 5.03. The molecule has 2 aromatic rings. The molecule has 0 N–H and O–H groups in total. The minimum absolute atomic E-state index is 0.657. The number of ether oxygens (including phenoxy) is 1. The Balaban J connectivity index is 1.93. The van der Waals surface area contributed by atoms with Crippen LogP contribution in [0.5, 0.6) is 0 Å². The van der Waals surface area contributed by atoms with Gasteiger partial charge in [0.2, 0.25) is 0 Å². The lowest BCUT2D eigenvalue weighted by Crippen LogP contribution is -1.93. The Bertz CT molecular complexity index is 506. The highest BCUT2D eigenvalue weighted by Gasteiger charge is 1.94. The van der Waals surface area contributed by atoms with Gasteiger partial charge < -0.3 is 4.74 Å². The molecule has 0 saturated carbocycles. The number of nitrogens with zero attached hydrogens (tertiary/aromatic N) is 2. The van der Waals surface area contributed by atoms with Crippen LogP contribution in [0, 0.1) is 0 Å². The molecule has 0 aliphatic heterocycles. The second-order valence-corrected chi connectivity index (χ2v) is 4.25. The summed E-state index contributed by atoms with van der Waals surface area (Å²) >= 11 is 0. The van der Waals surface area contributed by atoms with E-state index in [-0.39, 0.29) is 0 Å². The van der Waals surface area contributed by atoms with Crippen LogP contribution < -0.4 is 0 Å². The lowest BCUT2D eigenvalue weighted by molar-refractivity contribution is 0.121. The predicted molar refractivity (Wildman–Crippen MR) is 77.0 cm³/mol. The highest BCUT2D eigenvalue weighted by Crippen LogP contribution is 2.18. The van der Waals surface area contributed by atoms with Gasteiger partial charge in [-0.05, 0) is 36.2 Å². The van der Waals surface area contributed by atoms with Gasteiger partial charge in [-0.15, -0.1) is 0 Å². The van der Waals surface area contributed by atoms with E-state index in [0.717, 1.165) is 30.0 Å². The van der Waals surface area contributed by atoms with Crippen LogP contribution in [-0.4, -0.2) is 6.61 Å². The Hall–Kier alpha value is -2.00. The SMILES string of the molecule is CCCOCc1ccc(N=Nc2ccccc2)cc1. The fourth-order valence-corrected chi connectivity index (χ4v) is 1.60. The smallest absolute Gasteiger partial charge is 0.0857 e. The minimum Gasteiger partial charge on any atom is -0.377 e. The zero-order valence-electron chi connectivity index (χ0n) is 11.1. The lowest BCUT2D eigenvalue weighted by atomic mass is 10.2. The second kappa shape index (κ2) is 7.44. The largest absolute Gasteiger partial charge is 0.377 e. The van der Waals surface area contributed by atoms with Crippen molar-refractivity contribution in [3.05, 3.63) is 60.2 Å². The zero-order chi connectivity index (χ0) is 13.3. The van der Waals surface area contributed by atoms with Crippen molar-refractivity contribution in [3.63, 3.8) is 0 Å². The Labute approximate surface area is 114 Å². The van der Waals surface area contributed by atoms with E-state index in [9.17, 15) is 0 Å². The molecular weight excluding hydrogens is 236 g/mol. The third-order valence-electron chi connectivity index (χ3n) is 2.59. The molecule has 3 nitrogen and oxygen atoms in total. The molecule has 0 unspecified atom stereocenters. The van der Waals surface area contributed by atoms with Gasteiger partial charge in [0.1, 0.15) is 0 Å². The Kier molecular flexibility index (Phi) is 5.26. The maximum Gasteiger partial charge on any atom is 0.0857 e. The first-order valence-corrected chi connectivity index (χ1v) is 6.52. The molecule has 0 bridgehead atoms. The van der Waals surface area contributed by atoms with E-state index in [1.807, 2.05) is 54.6 Å². The van der Waals surface area contributed by atoms with Crippen LogP contribution in [0.4, 0.5) is 11.4 Å². The Morgan fingerprint density at radius 1 is 0.842 bits per heavy atom. The van der Waals surface area contributed by atoms with E-state index in [2.05, 4.69) is 17.2 Å². The minimum atomic E-state index is 0.657. The lowest BCUT2D eigenvalue weighted by Gasteiger charge is -2.02. The van der Waals surface area contributed by atoms with Gasteiger partial charge in [-0.2, -0.15) is 10.2 Å². The van der Waals surface area contributed by atoms with E-state index < -0.39 is 0 Å². The van der Waals surface area contributed by atoms with Gasteiger partial charge in [0.05, 0.1) is 18.0 Å². The van der Waals surface area contributed by atoms with Gasteiger partial charge in [0.15, 0.2) is 0 Å². The average molecular weight is 254 g/mol. The molecule has 0 fully saturated rings. The third kappa shape index (κ3) is 4.64. The van der Waals surface area contributed by atoms with Gasteiger partial charge in [-0.25, -0.2) is 0 Å². The van der Waals surface area contributed by atoms with E-state index in [4.69, 9.17) is 4.74 Å². The summed E-state index contributed by atoms with van der Waals surface area (Å²) in [6.07, 6.45) is 1.05. The number of hydrogen-bond donors (Lipinski definition) is 0. The van der Waals surface area contributed by atoms with E-state index in [1.165, 1.54) is 0 Å². The van der Waals surface area contributed by atoms with Crippen LogP contribution in [0.2, 0.25) is 0 Å². The van der Waals surface area contributed by atoms with Crippen molar-refractivity contribution < 1.29 is 4.74 Å². The summed E-state index contributed by atoms with van der Waals surface area (Å²) in [6, 6.07) is 17.7. The topological polar surface area (TPSA) is 34.0 Å². The normalized spacial score (nSPS) is 11.0. The highest BCUT2D eigenvalue weighted by molar-refractivity contribution is 5.40. The molecule has 0 heterocycles. The monoisotopic (exact) mass is 254 g/mol. The molecule has 0 saturated heterocycles.